The fourth-order valence-corrected chi connectivity index (χ4v) is 0.924. The van der Waals surface area contributed by atoms with E-state index in [2.05, 4.69) is 10.4 Å². The van der Waals surface area contributed by atoms with Gasteiger partial charge in [0, 0.05) is 6.21 Å². The maximum Gasteiger partial charge on any atom is 0.245 e. The number of aliphatic imine (C=N–C) groups is 1. The van der Waals surface area contributed by atoms with E-state index in [1.54, 1.807) is 25.3 Å². The summed E-state index contributed by atoms with van der Waals surface area (Å²) in [5.41, 5.74) is 1.55. The van der Waals surface area contributed by atoms with Gasteiger partial charge in [-0.1, -0.05) is 6.08 Å². The van der Waals surface area contributed by atoms with Crippen LogP contribution in [0.4, 0.5) is 0 Å². The summed E-state index contributed by atoms with van der Waals surface area (Å²) >= 11 is 0. The van der Waals surface area contributed by atoms with Crippen molar-refractivity contribution in [1.29, 1.82) is 0 Å². The van der Waals surface area contributed by atoms with Crippen molar-refractivity contribution in [2.45, 2.75) is 6.92 Å². The molecule has 60 valence electrons. The molecule has 1 heterocycles. The van der Waals surface area contributed by atoms with E-state index in [4.69, 9.17) is 5.84 Å². The van der Waals surface area contributed by atoms with Gasteiger partial charge in [0.2, 0.25) is 5.91 Å². The number of dihydropyridines is 1. The molecular weight excluding hydrogens is 142 g/mol. The summed E-state index contributed by atoms with van der Waals surface area (Å²) in [7, 11) is 0. The first-order valence-corrected chi connectivity index (χ1v) is 3.38. The number of allylic oxidation sites excluding steroid dienone is 1. The standard InChI is InChI=1S/C7H11N3O/c1-7(6(11)10-8)3-2-4-9-5-7/h2-4H,5,8H2,1H3,(H,10,11). The number of amides is 1. The summed E-state index contributed by atoms with van der Waals surface area (Å²) in [4.78, 5) is 15.1. The third-order valence-electron chi connectivity index (χ3n) is 1.73. The predicted molar refractivity (Wildman–Crippen MR) is 42.9 cm³/mol. The van der Waals surface area contributed by atoms with Crippen molar-refractivity contribution in [2.75, 3.05) is 6.54 Å². The minimum absolute atomic E-state index is 0.203. The highest BCUT2D eigenvalue weighted by molar-refractivity contribution is 5.87. The van der Waals surface area contributed by atoms with E-state index < -0.39 is 5.41 Å². The SMILES string of the molecule is CC1(C(=O)NN)C=CC=NC1. The van der Waals surface area contributed by atoms with Crippen LogP contribution in [0.1, 0.15) is 6.92 Å². The average Bonchev–Trinajstić information content (AvgIpc) is 2.04. The quantitative estimate of drug-likeness (QED) is 0.306. The fraction of sp³-hybridized carbons (Fsp3) is 0.429. The first-order valence-electron chi connectivity index (χ1n) is 3.38. The Labute approximate surface area is 65.2 Å². The van der Waals surface area contributed by atoms with E-state index in [0.717, 1.165) is 0 Å². The van der Waals surface area contributed by atoms with Crippen LogP contribution in [0.5, 0.6) is 0 Å². The van der Waals surface area contributed by atoms with Crippen LogP contribution in [0, 0.1) is 5.41 Å². The lowest BCUT2D eigenvalue weighted by Crippen LogP contribution is -2.43. The second kappa shape index (κ2) is 2.84. The molecule has 0 radical (unpaired) electrons. The zero-order valence-corrected chi connectivity index (χ0v) is 6.37. The van der Waals surface area contributed by atoms with Gasteiger partial charge in [0.05, 0.1) is 12.0 Å². The topological polar surface area (TPSA) is 67.5 Å². The molecule has 0 bridgehead atoms. The fourth-order valence-electron chi connectivity index (χ4n) is 0.924. The summed E-state index contributed by atoms with van der Waals surface area (Å²) in [5, 5.41) is 0. The number of nitrogens with zero attached hydrogens (tertiary/aromatic N) is 1. The molecule has 11 heavy (non-hydrogen) atoms. The van der Waals surface area contributed by atoms with Gasteiger partial charge in [-0.2, -0.15) is 0 Å². The number of hydrazine groups is 1. The molecule has 0 aromatic heterocycles. The third kappa shape index (κ3) is 1.46. The van der Waals surface area contributed by atoms with Crippen LogP contribution in [0.2, 0.25) is 0 Å². The number of hydrogen-bond acceptors (Lipinski definition) is 3. The van der Waals surface area contributed by atoms with Crippen LogP contribution in [-0.4, -0.2) is 18.7 Å². The molecule has 0 aliphatic carbocycles. The predicted octanol–water partition coefficient (Wildman–Crippen LogP) is -0.377. The molecule has 1 atom stereocenters. The minimum Gasteiger partial charge on any atom is -0.293 e. The molecule has 4 heteroatoms. The second-order valence-electron chi connectivity index (χ2n) is 2.74. The Morgan fingerprint density at radius 1 is 1.82 bits per heavy atom. The van der Waals surface area contributed by atoms with E-state index in [1.807, 2.05) is 0 Å². The summed E-state index contributed by atoms with van der Waals surface area (Å²) in [6.07, 6.45) is 5.21. The molecule has 4 nitrogen and oxygen atoms in total. The van der Waals surface area contributed by atoms with Crippen LogP contribution < -0.4 is 11.3 Å². The molecule has 1 unspecified atom stereocenters. The van der Waals surface area contributed by atoms with Crippen LogP contribution >= 0.6 is 0 Å². The molecule has 0 spiro atoms. The molecule has 1 amide bonds. The highest BCUT2D eigenvalue weighted by atomic mass is 16.2. The molecule has 1 aliphatic heterocycles. The molecule has 0 fully saturated rings. The maximum absolute atomic E-state index is 11.1. The Morgan fingerprint density at radius 3 is 3.00 bits per heavy atom. The Kier molecular flexibility index (Phi) is 2.05. The Hall–Kier alpha value is -1.16. The maximum atomic E-state index is 11.1. The smallest absolute Gasteiger partial charge is 0.245 e. The van der Waals surface area contributed by atoms with Crippen molar-refractivity contribution in [2.24, 2.45) is 16.3 Å². The minimum atomic E-state index is -0.566. The molecule has 0 aromatic rings. The number of carbonyl (C=O) groups excluding carboxylic acids is 1. The normalized spacial score (nSPS) is 28.5. The number of carbonyl (C=O) groups is 1. The first-order chi connectivity index (χ1) is 5.19. The van der Waals surface area contributed by atoms with Crippen molar-refractivity contribution < 1.29 is 4.79 Å². The van der Waals surface area contributed by atoms with Gasteiger partial charge in [-0.25, -0.2) is 5.84 Å². The van der Waals surface area contributed by atoms with Gasteiger partial charge in [-0.05, 0) is 13.0 Å². The van der Waals surface area contributed by atoms with Gasteiger partial charge in [0.25, 0.3) is 0 Å². The van der Waals surface area contributed by atoms with Crippen LogP contribution in [0.3, 0.4) is 0 Å². The van der Waals surface area contributed by atoms with Gasteiger partial charge in [0.15, 0.2) is 0 Å². The highest BCUT2D eigenvalue weighted by Crippen LogP contribution is 2.20. The number of nitrogens with one attached hydrogen (secondary N) is 1. The summed E-state index contributed by atoms with van der Waals surface area (Å²) in [6, 6.07) is 0. The van der Waals surface area contributed by atoms with Crippen molar-refractivity contribution >= 4 is 12.1 Å². The van der Waals surface area contributed by atoms with Crippen LogP contribution in [0.25, 0.3) is 0 Å². The van der Waals surface area contributed by atoms with Gasteiger partial charge in [-0.15, -0.1) is 0 Å². The van der Waals surface area contributed by atoms with Crippen molar-refractivity contribution in [3.8, 4) is 0 Å². The molecule has 1 rings (SSSR count). The van der Waals surface area contributed by atoms with Gasteiger partial charge >= 0.3 is 0 Å². The monoisotopic (exact) mass is 153 g/mol. The molecular formula is C7H11N3O. The number of hydrogen-bond donors (Lipinski definition) is 2. The zero-order chi connectivity index (χ0) is 8.32. The lowest BCUT2D eigenvalue weighted by atomic mass is 9.88. The molecule has 3 N–H and O–H groups in total. The Balaban J connectivity index is 2.75. The van der Waals surface area contributed by atoms with E-state index in [0.29, 0.717) is 6.54 Å². The molecule has 1 aliphatic rings. The zero-order valence-electron chi connectivity index (χ0n) is 6.37. The van der Waals surface area contributed by atoms with Crippen LogP contribution in [0.15, 0.2) is 17.1 Å². The summed E-state index contributed by atoms with van der Waals surface area (Å²) in [5.74, 6) is 4.80. The highest BCUT2D eigenvalue weighted by Gasteiger charge is 2.30. The van der Waals surface area contributed by atoms with Crippen molar-refractivity contribution in [3.05, 3.63) is 12.2 Å². The summed E-state index contributed by atoms with van der Waals surface area (Å²) < 4.78 is 0. The van der Waals surface area contributed by atoms with Gasteiger partial charge in [-0.3, -0.25) is 15.2 Å². The Morgan fingerprint density at radius 2 is 2.55 bits per heavy atom. The Bertz CT molecular complexity index is 222. The first kappa shape index (κ1) is 7.94. The third-order valence-corrected chi connectivity index (χ3v) is 1.73. The average molecular weight is 153 g/mol. The lowest BCUT2D eigenvalue weighted by molar-refractivity contribution is -0.127. The second-order valence-corrected chi connectivity index (χ2v) is 2.74. The van der Waals surface area contributed by atoms with Crippen LogP contribution in [-0.2, 0) is 4.79 Å². The van der Waals surface area contributed by atoms with E-state index >= 15 is 0 Å². The van der Waals surface area contributed by atoms with E-state index in [1.165, 1.54) is 0 Å². The lowest BCUT2D eigenvalue weighted by Gasteiger charge is -2.22. The number of rotatable bonds is 1. The van der Waals surface area contributed by atoms with E-state index in [9.17, 15) is 4.79 Å². The van der Waals surface area contributed by atoms with Gasteiger partial charge < -0.3 is 0 Å². The largest absolute Gasteiger partial charge is 0.293 e. The summed E-state index contributed by atoms with van der Waals surface area (Å²) in [6.45, 7) is 2.26. The number of nitrogens with two attached hydrogens (primary N) is 1. The van der Waals surface area contributed by atoms with Crippen molar-refractivity contribution in [3.63, 3.8) is 0 Å². The molecule has 0 saturated carbocycles. The van der Waals surface area contributed by atoms with E-state index in [-0.39, 0.29) is 5.91 Å². The van der Waals surface area contributed by atoms with Crippen molar-refractivity contribution in [1.82, 2.24) is 5.43 Å². The van der Waals surface area contributed by atoms with Gasteiger partial charge in [0.1, 0.15) is 0 Å². The molecule has 0 aromatic carbocycles. The molecule has 0 saturated heterocycles.